The zero-order valence-electron chi connectivity index (χ0n) is 9.33. The van der Waals surface area contributed by atoms with Gasteiger partial charge in [0.1, 0.15) is 11.4 Å². The molecule has 0 atom stereocenters. The first-order valence-corrected chi connectivity index (χ1v) is 5.21. The van der Waals surface area contributed by atoms with Crippen molar-refractivity contribution in [3.8, 4) is 5.75 Å². The summed E-state index contributed by atoms with van der Waals surface area (Å²) >= 11 is 0. The van der Waals surface area contributed by atoms with Crippen LogP contribution in [0.25, 0.3) is 0 Å². The second-order valence-corrected chi connectivity index (χ2v) is 3.55. The molecule has 0 spiro atoms. The summed E-state index contributed by atoms with van der Waals surface area (Å²) in [5.74, 6) is 0.105. The van der Waals surface area contributed by atoms with Crippen molar-refractivity contribution < 1.29 is 18.6 Å². The normalized spacial score (nSPS) is 10.9. The van der Waals surface area contributed by atoms with Gasteiger partial charge in [-0.1, -0.05) is 23.4 Å². The van der Waals surface area contributed by atoms with Gasteiger partial charge < -0.3 is 9.84 Å². The van der Waals surface area contributed by atoms with Gasteiger partial charge in [0.15, 0.2) is 0 Å². The molecule has 1 heterocycles. The molecule has 0 bridgehead atoms. The number of aliphatic hydroxyl groups is 1. The molecule has 0 aliphatic heterocycles. The van der Waals surface area contributed by atoms with Gasteiger partial charge >= 0.3 is 6.61 Å². The van der Waals surface area contributed by atoms with E-state index in [0.717, 1.165) is 0 Å². The lowest BCUT2D eigenvalue weighted by Crippen LogP contribution is -2.07. The minimum absolute atomic E-state index is 0.105. The number of ether oxygens (including phenoxy) is 1. The number of para-hydroxylation sites is 1. The molecule has 2 aromatic rings. The molecular weight excluding hydrogens is 244 g/mol. The van der Waals surface area contributed by atoms with E-state index >= 15 is 0 Å². The molecular formula is C11H11F2N3O2. The Balaban J connectivity index is 2.17. The van der Waals surface area contributed by atoms with Crippen molar-refractivity contribution in [1.29, 1.82) is 0 Å². The summed E-state index contributed by atoms with van der Waals surface area (Å²) in [5, 5.41) is 16.3. The van der Waals surface area contributed by atoms with Crippen molar-refractivity contribution in [3.05, 3.63) is 41.7 Å². The zero-order chi connectivity index (χ0) is 13.0. The highest BCUT2D eigenvalue weighted by atomic mass is 19.3. The molecule has 96 valence electrons. The van der Waals surface area contributed by atoms with Crippen LogP contribution in [0.2, 0.25) is 0 Å². The average molecular weight is 255 g/mol. The molecule has 0 amide bonds. The molecule has 1 aromatic heterocycles. The molecule has 0 unspecified atom stereocenters. The lowest BCUT2D eigenvalue weighted by molar-refractivity contribution is -0.0505. The SMILES string of the molecule is OCc1cn(Cc2ccccc2OC(F)F)nn1. The monoisotopic (exact) mass is 255 g/mol. The van der Waals surface area contributed by atoms with Gasteiger partial charge in [-0.15, -0.1) is 5.10 Å². The standard InChI is InChI=1S/C11H11F2N3O2/c12-11(13)18-10-4-2-1-3-8(10)5-16-6-9(7-17)14-15-16/h1-4,6,11,17H,5,7H2. The number of aliphatic hydroxyl groups excluding tert-OH is 1. The smallest absolute Gasteiger partial charge is 0.387 e. The second-order valence-electron chi connectivity index (χ2n) is 3.55. The summed E-state index contributed by atoms with van der Waals surface area (Å²) in [6.45, 7) is -2.83. The second kappa shape index (κ2) is 5.54. The van der Waals surface area contributed by atoms with E-state index in [1.807, 2.05) is 0 Å². The predicted octanol–water partition coefficient (Wildman–Crippen LogP) is 1.42. The fourth-order valence-corrected chi connectivity index (χ4v) is 1.51. The van der Waals surface area contributed by atoms with E-state index in [2.05, 4.69) is 15.0 Å². The molecule has 0 fully saturated rings. The molecule has 2 rings (SSSR count). The minimum Gasteiger partial charge on any atom is -0.434 e. The molecule has 1 N–H and O–H groups in total. The maximum Gasteiger partial charge on any atom is 0.387 e. The Morgan fingerprint density at radius 1 is 1.33 bits per heavy atom. The fourth-order valence-electron chi connectivity index (χ4n) is 1.51. The molecule has 7 heteroatoms. The first-order valence-electron chi connectivity index (χ1n) is 5.21. The summed E-state index contributed by atoms with van der Waals surface area (Å²) in [5.41, 5.74) is 0.981. The summed E-state index contributed by atoms with van der Waals surface area (Å²) in [7, 11) is 0. The third kappa shape index (κ3) is 3.01. The maximum atomic E-state index is 12.2. The highest BCUT2D eigenvalue weighted by molar-refractivity contribution is 5.33. The van der Waals surface area contributed by atoms with Crippen LogP contribution in [0.1, 0.15) is 11.3 Å². The van der Waals surface area contributed by atoms with Crippen molar-refractivity contribution in [1.82, 2.24) is 15.0 Å². The van der Waals surface area contributed by atoms with Crippen LogP contribution in [0.4, 0.5) is 8.78 Å². The average Bonchev–Trinajstić information content (AvgIpc) is 2.79. The third-order valence-corrected chi connectivity index (χ3v) is 2.27. The molecule has 0 aliphatic rings. The van der Waals surface area contributed by atoms with Gasteiger partial charge in [-0.05, 0) is 6.07 Å². The number of aromatic nitrogens is 3. The molecule has 1 aromatic carbocycles. The van der Waals surface area contributed by atoms with Gasteiger partial charge in [0.2, 0.25) is 0 Å². The quantitative estimate of drug-likeness (QED) is 0.877. The van der Waals surface area contributed by atoms with E-state index in [1.54, 1.807) is 24.4 Å². The number of benzene rings is 1. The van der Waals surface area contributed by atoms with Crippen LogP contribution in [0.15, 0.2) is 30.5 Å². The van der Waals surface area contributed by atoms with Crippen molar-refractivity contribution in [2.45, 2.75) is 19.8 Å². The van der Waals surface area contributed by atoms with E-state index in [1.165, 1.54) is 10.7 Å². The topological polar surface area (TPSA) is 60.2 Å². The van der Waals surface area contributed by atoms with Crippen molar-refractivity contribution in [2.24, 2.45) is 0 Å². The lowest BCUT2D eigenvalue weighted by atomic mass is 10.2. The van der Waals surface area contributed by atoms with Crippen molar-refractivity contribution >= 4 is 0 Å². The summed E-state index contributed by atoms with van der Waals surface area (Å²) in [6, 6.07) is 6.46. The Kier molecular flexibility index (Phi) is 3.83. The van der Waals surface area contributed by atoms with Gasteiger partial charge in [0.05, 0.1) is 19.3 Å². The van der Waals surface area contributed by atoms with Crippen LogP contribution in [0, 0.1) is 0 Å². The number of halogens is 2. The molecule has 18 heavy (non-hydrogen) atoms. The zero-order valence-corrected chi connectivity index (χ0v) is 9.33. The van der Waals surface area contributed by atoms with Crippen molar-refractivity contribution in [3.63, 3.8) is 0 Å². The van der Waals surface area contributed by atoms with Crippen LogP contribution in [-0.2, 0) is 13.2 Å². The summed E-state index contributed by atoms with van der Waals surface area (Å²) < 4.78 is 30.3. The van der Waals surface area contributed by atoms with Gasteiger partial charge in [-0.25, -0.2) is 4.68 Å². The third-order valence-electron chi connectivity index (χ3n) is 2.27. The van der Waals surface area contributed by atoms with E-state index < -0.39 is 6.61 Å². The largest absolute Gasteiger partial charge is 0.434 e. The summed E-state index contributed by atoms with van der Waals surface area (Å²) in [4.78, 5) is 0. The Labute approximate surface area is 102 Å². The number of alkyl halides is 2. The van der Waals surface area contributed by atoms with E-state index in [0.29, 0.717) is 11.3 Å². The van der Waals surface area contributed by atoms with Crippen LogP contribution in [-0.4, -0.2) is 26.7 Å². The molecule has 0 radical (unpaired) electrons. The van der Waals surface area contributed by atoms with Crippen LogP contribution < -0.4 is 4.74 Å². The molecule has 0 aliphatic carbocycles. The highest BCUT2D eigenvalue weighted by Gasteiger charge is 2.10. The number of hydrogen-bond donors (Lipinski definition) is 1. The Morgan fingerprint density at radius 2 is 2.11 bits per heavy atom. The molecule has 0 saturated heterocycles. The number of hydrogen-bond acceptors (Lipinski definition) is 4. The van der Waals surface area contributed by atoms with Gasteiger partial charge in [0, 0.05) is 5.56 Å². The highest BCUT2D eigenvalue weighted by Crippen LogP contribution is 2.20. The Morgan fingerprint density at radius 3 is 2.78 bits per heavy atom. The number of nitrogens with zero attached hydrogens (tertiary/aromatic N) is 3. The Bertz CT molecular complexity index is 516. The minimum atomic E-state index is -2.87. The van der Waals surface area contributed by atoms with Crippen LogP contribution >= 0.6 is 0 Å². The van der Waals surface area contributed by atoms with E-state index in [9.17, 15) is 8.78 Å². The first kappa shape index (κ1) is 12.4. The van der Waals surface area contributed by atoms with Crippen LogP contribution in [0.5, 0.6) is 5.75 Å². The maximum absolute atomic E-state index is 12.2. The molecule has 0 saturated carbocycles. The van der Waals surface area contributed by atoms with E-state index in [-0.39, 0.29) is 18.9 Å². The fraction of sp³-hybridized carbons (Fsp3) is 0.273. The predicted molar refractivity (Wildman–Crippen MR) is 58.1 cm³/mol. The van der Waals surface area contributed by atoms with E-state index in [4.69, 9.17) is 5.11 Å². The molecule has 5 nitrogen and oxygen atoms in total. The Hall–Kier alpha value is -2.02. The van der Waals surface area contributed by atoms with Crippen molar-refractivity contribution in [2.75, 3.05) is 0 Å². The first-order chi connectivity index (χ1) is 8.69. The van der Waals surface area contributed by atoms with Crippen LogP contribution in [0.3, 0.4) is 0 Å². The van der Waals surface area contributed by atoms with Gasteiger partial charge in [0.25, 0.3) is 0 Å². The summed E-state index contributed by atoms with van der Waals surface area (Å²) in [6.07, 6.45) is 1.54. The number of rotatable bonds is 5. The lowest BCUT2D eigenvalue weighted by Gasteiger charge is -2.09. The van der Waals surface area contributed by atoms with Gasteiger partial charge in [-0.3, -0.25) is 0 Å². The van der Waals surface area contributed by atoms with Gasteiger partial charge in [-0.2, -0.15) is 8.78 Å².